The number of H-pyrrole nitrogens is 1. The molecule has 106 valence electrons. The molecule has 0 aliphatic rings. The van der Waals surface area contributed by atoms with Gasteiger partial charge in [-0.1, -0.05) is 18.2 Å². The fourth-order valence-electron chi connectivity index (χ4n) is 1.88. The van der Waals surface area contributed by atoms with Crippen LogP contribution in [0.25, 0.3) is 10.9 Å². The van der Waals surface area contributed by atoms with E-state index in [1.807, 2.05) is 6.07 Å². The molecule has 0 spiro atoms. The molecule has 1 unspecified atom stereocenters. The Kier molecular flexibility index (Phi) is 3.71. The van der Waals surface area contributed by atoms with Crippen molar-refractivity contribution in [2.24, 2.45) is 0 Å². The van der Waals surface area contributed by atoms with Gasteiger partial charge in [-0.15, -0.1) is 0 Å². The van der Waals surface area contributed by atoms with Crippen LogP contribution in [0.1, 0.15) is 23.8 Å². The van der Waals surface area contributed by atoms with Crippen LogP contribution >= 0.6 is 0 Å². The van der Waals surface area contributed by atoms with Gasteiger partial charge < -0.3 is 15.5 Å². The number of hydrogen-bond donors (Lipinski definition) is 4. The van der Waals surface area contributed by atoms with Crippen molar-refractivity contribution in [3.05, 3.63) is 30.0 Å². The Morgan fingerprint density at radius 3 is 2.80 bits per heavy atom. The number of aliphatic carboxylic acids is 1. The van der Waals surface area contributed by atoms with Crippen LogP contribution in [0.15, 0.2) is 24.3 Å². The summed E-state index contributed by atoms with van der Waals surface area (Å²) in [5.74, 6) is -1.59. The summed E-state index contributed by atoms with van der Waals surface area (Å²) in [6, 6.07) is 7.15. The van der Waals surface area contributed by atoms with E-state index in [2.05, 4.69) is 15.5 Å². The highest BCUT2D eigenvalue weighted by molar-refractivity contribution is 6.04. The van der Waals surface area contributed by atoms with Crippen LogP contribution in [-0.2, 0) is 4.79 Å². The Bertz CT molecular complexity index is 648. The molecule has 0 bridgehead atoms. The quantitative estimate of drug-likeness (QED) is 0.636. The van der Waals surface area contributed by atoms with Crippen LogP contribution in [0.2, 0.25) is 0 Å². The minimum absolute atomic E-state index is 0.167. The molecule has 0 saturated carbocycles. The molecule has 1 heterocycles. The molecule has 1 atom stereocenters. The summed E-state index contributed by atoms with van der Waals surface area (Å²) in [5, 5.41) is 28.3. The van der Waals surface area contributed by atoms with Gasteiger partial charge in [0.2, 0.25) is 0 Å². The summed E-state index contributed by atoms with van der Waals surface area (Å²) in [7, 11) is 0. The molecule has 7 nitrogen and oxygen atoms in total. The molecule has 0 fully saturated rings. The van der Waals surface area contributed by atoms with Crippen molar-refractivity contribution < 1.29 is 19.8 Å². The zero-order chi connectivity index (χ0) is 14.8. The first-order valence-electron chi connectivity index (χ1n) is 6.04. The lowest BCUT2D eigenvalue weighted by atomic mass is 10.0. The Labute approximate surface area is 114 Å². The number of aromatic nitrogens is 2. The van der Waals surface area contributed by atoms with Gasteiger partial charge in [0.05, 0.1) is 17.5 Å². The Balaban J connectivity index is 2.07. The second-order valence-electron chi connectivity index (χ2n) is 4.87. The number of benzene rings is 1. The number of carboxylic acid groups (broad SMARTS) is 1. The monoisotopic (exact) mass is 277 g/mol. The normalized spacial score (nSPS) is 13.9. The number of aromatic amines is 1. The van der Waals surface area contributed by atoms with Crippen LogP contribution < -0.4 is 5.32 Å². The Morgan fingerprint density at radius 1 is 1.40 bits per heavy atom. The van der Waals surface area contributed by atoms with Crippen molar-refractivity contribution in [2.75, 3.05) is 6.54 Å². The van der Waals surface area contributed by atoms with E-state index in [1.54, 1.807) is 18.2 Å². The van der Waals surface area contributed by atoms with E-state index in [9.17, 15) is 14.7 Å². The molecule has 1 aromatic carbocycles. The molecule has 0 saturated heterocycles. The number of para-hydroxylation sites is 1. The van der Waals surface area contributed by atoms with E-state index in [1.165, 1.54) is 6.92 Å². The molecule has 0 aliphatic heterocycles. The number of rotatable bonds is 5. The lowest BCUT2D eigenvalue weighted by molar-refractivity contribution is -0.141. The van der Waals surface area contributed by atoms with Crippen molar-refractivity contribution in [3.8, 4) is 0 Å². The van der Waals surface area contributed by atoms with Crippen molar-refractivity contribution in [2.45, 2.75) is 18.9 Å². The minimum atomic E-state index is -1.51. The SMILES string of the molecule is CC(O)(CNC(=O)c1n[nH]c2ccccc12)CC(=O)O. The van der Waals surface area contributed by atoms with Gasteiger partial charge in [0, 0.05) is 11.9 Å². The number of carbonyl (C=O) groups is 2. The highest BCUT2D eigenvalue weighted by Gasteiger charge is 2.25. The van der Waals surface area contributed by atoms with Gasteiger partial charge in [0.15, 0.2) is 5.69 Å². The van der Waals surface area contributed by atoms with Gasteiger partial charge in [-0.25, -0.2) is 0 Å². The van der Waals surface area contributed by atoms with Crippen LogP contribution in [0.3, 0.4) is 0 Å². The smallest absolute Gasteiger partial charge is 0.306 e. The molecule has 7 heteroatoms. The molecule has 20 heavy (non-hydrogen) atoms. The van der Waals surface area contributed by atoms with Gasteiger partial charge in [-0.3, -0.25) is 14.7 Å². The lowest BCUT2D eigenvalue weighted by Gasteiger charge is -2.21. The molecule has 2 rings (SSSR count). The summed E-state index contributed by atoms with van der Waals surface area (Å²) < 4.78 is 0. The third-order valence-corrected chi connectivity index (χ3v) is 2.85. The first kappa shape index (κ1) is 14.0. The Morgan fingerprint density at radius 2 is 2.10 bits per heavy atom. The summed E-state index contributed by atoms with van der Waals surface area (Å²) in [4.78, 5) is 22.6. The number of carboxylic acids is 1. The second kappa shape index (κ2) is 5.30. The average Bonchev–Trinajstić information content (AvgIpc) is 2.78. The second-order valence-corrected chi connectivity index (χ2v) is 4.87. The number of amides is 1. The molecule has 0 aliphatic carbocycles. The molecular weight excluding hydrogens is 262 g/mol. The van der Waals surface area contributed by atoms with E-state index < -0.39 is 23.9 Å². The molecule has 0 radical (unpaired) electrons. The number of nitrogens with zero attached hydrogens (tertiary/aromatic N) is 1. The first-order valence-corrected chi connectivity index (χ1v) is 6.04. The van der Waals surface area contributed by atoms with E-state index in [-0.39, 0.29) is 12.2 Å². The van der Waals surface area contributed by atoms with Crippen LogP contribution in [-0.4, -0.2) is 44.4 Å². The van der Waals surface area contributed by atoms with E-state index >= 15 is 0 Å². The fourth-order valence-corrected chi connectivity index (χ4v) is 1.88. The zero-order valence-electron chi connectivity index (χ0n) is 10.9. The van der Waals surface area contributed by atoms with E-state index in [0.29, 0.717) is 5.39 Å². The van der Waals surface area contributed by atoms with Crippen molar-refractivity contribution in [1.82, 2.24) is 15.5 Å². The van der Waals surface area contributed by atoms with Gasteiger partial charge in [-0.05, 0) is 13.0 Å². The summed E-state index contributed by atoms with van der Waals surface area (Å²) in [6.45, 7) is 1.18. The van der Waals surface area contributed by atoms with Crippen LogP contribution in [0.5, 0.6) is 0 Å². The van der Waals surface area contributed by atoms with Gasteiger partial charge in [-0.2, -0.15) is 5.10 Å². The van der Waals surface area contributed by atoms with Gasteiger partial charge in [0.25, 0.3) is 5.91 Å². The van der Waals surface area contributed by atoms with E-state index in [4.69, 9.17) is 5.11 Å². The highest BCUT2D eigenvalue weighted by Crippen LogP contribution is 2.15. The molecular formula is C13H15N3O4. The standard InChI is InChI=1S/C13H15N3O4/c1-13(20,6-10(17)18)7-14-12(19)11-8-4-2-3-5-9(8)15-16-11/h2-5,20H,6-7H2,1H3,(H,14,19)(H,15,16)(H,17,18). The van der Waals surface area contributed by atoms with Crippen molar-refractivity contribution >= 4 is 22.8 Å². The minimum Gasteiger partial charge on any atom is -0.481 e. The number of hydrogen-bond acceptors (Lipinski definition) is 4. The average molecular weight is 277 g/mol. The third kappa shape index (κ3) is 3.12. The zero-order valence-corrected chi connectivity index (χ0v) is 10.9. The predicted octanol–water partition coefficient (Wildman–Crippen LogP) is 0.518. The molecule has 1 aromatic heterocycles. The predicted molar refractivity (Wildman–Crippen MR) is 71.3 cm³/mol. The number of nitrogens with one attached hydrogen (secondary N) is 2. The van der Waals surface area contributed by atoms with Crippen molar-refractivity contribution in [3.63, 3.8) is 0 Å². The van der Waals surface area contributed by atoms with Gasteiger partial charge >= 0.3 is 5.97 Å². The topological polar surface area (TPSA) is 115 Å². The lowest BCUT2D eigenvalue weighted by Crippen LogP contribution is -2.42. The largest absolute Gasteiger partial charge is 0.481 e. The van der Waals surface area contributed by atoms with Gasteiger partial charge in [0.1, 0.15) is 0 Å². The molecule has 1 amide bonds. The summed E-state index contributed by atoms with van der Waals surface area (Å²) >= 11 is 0. The van der Waals surface area contributed by atoms with Crippen LogP contribution in [0, 0.1) is 0 Å². The van der Waals surface area contributed by atoms with Crippen molar-refractivity contribution in [1.29, 1.82) is 0 Å². The maximum Gasteiger partial charge on any atom is 0.306 e. The number of aliphatic hydroxyl groups is 1. The summed E-state index contributed by atoms with van der Waals surface area (Å²) in [5.41, 5.74) is -0.560. The Hall–Kier alpha value is -2.41. The first-order chi connectivity index (χ1) is 9.39. The van der Waals surface area contributed by atoms with Crippen LogP contribution in [0.4, 0.5) is 0 Å². The summed E-state index contributed by atoms with van der Waals surface area (Å²) in [6.07, 6.45) is -0.450. The molecule has 4 N–H and O–H groups in total. The maximum absolute atomic E-state index is 12.0. The fraction of sp³-hybridized carbons (Fsp3) is 0.308. The molecule has 2 aromatic rings. The highest BCUT2D eigenvalue weighted by atomic mass is 16.4. The maximum atomic E-state index is 12.0. The number of carbonyl (C=O) groups excluding carboxylic acids is 1. The number of fused-ring (bicyclic) bond motifs is 1. The van der Waals surface area contributed by atoms with E-state index in [0.717, 1.165) is 5.52 Å². The third-order valence-electron chi connectivity index (χ3n) is 2.85.